The van der Waals surface area contributed by atoms with E-state index in [1.165, 1.54) is 43.1 Å². The van der Waals surface area contributed by atoms with E-state index in [0.717, 1.165) is 25.2 Å². The number of likely N-dealkylation sites (N-methyl/N-ethyl adjacent to an activating group) is 1. The van der Waals surface area contributed by atoms with Crippen LogP contribution in [0.3, 0.4) is 0 Å². The SMILES string of the molecule is CCc1c(C)c(-c2cccn2C)nn1CCN1CCN(C)CC1. The molecule has 1 saturated heterocycles. The molecule has 126 valence electrons. The van der Waals surface area contributed by atoms with E-state index in [4.69, 9.17) is 5.10 Å². The van der Waals surface area contributed by atoms with Gasteiger partial charge < -0.3 is 9.47 Å². The Labute approximate surface area is 139 Å². The van der Waals surface area contributed by atoms with Crippen LogP contribution in [0, 0.1) is 6.92 Å². The zero-order valence-corrected chi connectivity index (χ0v) is 14.9. The molecule has 23 heavy (non-hydrogen) atoms. The van der Waals surface area contributed by atoms with Crippen molar-refractivity contribution in [1.82, 2.24) is 24.1 Å². The minimum Gasteiger partial charge on any atom is -0.349 e. The standard InChI is InChI=1S/C18H29N5/c1-5-16-15(2)18(17-7-6-8-21(17)4)19-23(16)14-13-22-11-9-20(3)10-12-22/h6-8H,5,9-14H2,1-4H3. The van der Waals surface area contributed by atoms with Crippen LogP contribution in [0.15, 0.2) is 18.3 Å². The minimum absolute atomic E-state index is 0.984. The zero-order chi connectivity index (χ0) is 16.4. The third kappa shape index (κ3) is 3.35. The molecule has 3 rings (SSSR count). The molecule has 2 aromatic heterocycles. The maximum Gasteiger partial charge on any atom is 0.112 e. The van der Waals surface area contributed by atoms with Crippen LogP contribution in [0.25, 0.3) is 11.4 Å². The Morgan fingerprint density at radius 1 is 1.09 bits per heavy atom. The van der Waals surface area contributed by atoms with Gasteiger partial charge in [0.15, 0.2) is 0 Å². The van der Waals surface area contributed by atoms with E-state index in [1.54, 1.807) is 0 Å². The first kappa shape index (κ1) is 16.3. The Morgan fingerprint density at radius 2 is 1.83 bits per heavy atom. The minimum atomic E-state index is 0.984. The smallest absolute Gasteiger partial charge is 0.112 e. The van der Waals surface area contributed by atoms with Crippen LogP contribution in [0.5, 0.6) is 0 Å². The molecule has 0 radical (unpaired) electrons. The first-order valence-corrected chi connectivity index (χ1v) is 8.69. The topological polar surface area (TPSA) is 29.2 Å². The van der Waals surface area contributed by atoms with Crippen molar-refractivity contribution in [2.24, 2.45) is 7.05 Å². The summed E-state index contributed by atoms with van der Waals surface area (Å²) >= 11 is 0. The molecule has 0 atom stereocenters. The van der Waals surface area contributed by atoms with E-state index in [2.05, 4.69) is 65.3 Å². The van der Waals surface area contributed by atoms with Crippen molar-refractivity contribution in [1.29, 1.82) is 0 Å². The summed E-state index contributed by atoms with van der Waals surface area (Å²) in [5.41, 5.74) is 5.03. The molecule has 0 amide bonds. The fourth-order valence-electron chi connectivity index (χ4n) is 3.48. The lowest BCUT2D eigenvalue weighted by Gasteiger charge is -2.32. The third-order valence-electron chi connectivity index (χ3n) is 5.07. The van der Waals surface area contributed by atoms with Gasteiger partial charge in [-0.05, 0) is 38.1 Å². The number of aromatic nitrogens is 3. The van der Waals surface area contributed by atoms with Crippen molar-refractivity contribution in [2.45, 2.75) is 26.8 Å². The summed E-state index contributed by atoms with van der Waals surface area (Å²) in [6.07, 6.45) is 3.12. The highest BCUT2D eigenvalue weighted by molar-refractivity contribution is 5.60. The Kier molecular flexibility index (Phi) is 4.87. The van der Waals surface area contributed by atoms with Gasteiger partial charge in [-0.25, -0.2) is 0 Å². The molecular formula is C18H29N5. The molecule has 1 fully saturated rings. The molecule has 5 nitrogen and oxygen atoms in total. The van der Waals surface area contributed by atoms with Crippen molar-refractivity contribution in [3.8, 4) is 11.4 Å². The van der Waals surface area contributed by atoms with E-state index >= 15 is 0 Å². The van der Waals surface area contributed by atoms with Crippen molar-refractivity contribution in [3.05, 3.63) is 29.6 Å². The summed E-state index contributed by atoms with van der Waals surface area (Å²) in [6, 6.07) is 4.24. The van der Waals surface area contributed by atoms with Crippen LogP contribution >= 0.6 is 0 Å². The normalized spacial score (nSPS) is 17.0. The van der Waals surface area contributed by atoms with Crippen LogP contribution in [0.4, 0.5) is 0 Å². The monoisotopic (exact) mass is 315 g/mol. The molecular weight excluding hydrogens is 286 g/mol. The summed E-state index contributed by atoms with van der Waals surface area (Å²) in [7, 11) is 4.29. The van der Waals surface area contributed by atoms with Crippen molar-refractivity contribution in [2.75, 3.05) is 39.8 Å². The summed E-state index contributed by atoms with van der Waals surface area (Å²) in [6.45, 7) is 11.2. The van der Waals surface area contributed by atoms with Gasteiger partial charge in [-0.15, -0.1) is 0 Å². The Hall–Kier alpha value is -1.59. The fourth-order valence-corrected chi connectivity index (χ4v) is 3.48. The lowest BCUT2D eigenvalue weighted by Crippen LogP contribution is -2.45. The maximum absolute atomic E-state index is 4.94. The largest absolute Gasteiger partial charge is 0.349 e. The quantitative estimate of drug-likeness (QED) is 0.845. The first-order chi connectivity index (χ1) is 11.1. The first-order valence-electron chi connectivity index (χ1n) is 8.69. The highest BCUT2D eigenvalue weighted by Gasteiger charge is 2.18. The van der Waals surface area contributed by atoms with Crippen LogP contribution < -0.4 is 0 Å². The summed E-state index contributed by atoms with van der Waals surface area (Å²) in [4.78, 5) is 4.96. The Morgan fingerprint density at radius 3 is 2.43 bits per heavy atom. The average molecular weight is 315 g/mol. The van der Waals surface area contributed by atoms with Crippen LogP contribution in [-0.2, 0) is 20.0 Å². The van der Waals surface area contributed by atoms with E-state index in [0.29, 0.717) is 0 Å². The van der Waals surface area contributed by atoms with Gasteiger partial charge in [0.25, 0.3) is 0 Å². The van der Waals surface area contributed by atoms with Crippen molar-refractivity contribution in [3.63, 3.8) is 0 Å². The predicted molar refractivity (Wildman–Crippen MR) is 94.7 cm³/mol. The van der Waals surface area contributed by atoms with E-state index in [1.807, 2.05) is 0 Å². The van der Waals surface area contributed by atoms with Gasteiger partial charge in [-0.3, -0.25) is 9.58 Å². The van der Waals surface area contributed by atoms with Crippen LogP contribution in [0.2, 0.25) is 0 Å². The molecule has 0 bridgehead atoms. The predicted octanol–water partition coefficient (Wildman–Crippen LogP) is 2.01. The summed E-state index contributed by atoms with van der Waals surface area (Å²) in [5, 5.41) is 4.94. The molecule has 5 heteroatoms. The zero-order valence-electron chi connectivity index (χ0n) is 14.9. The summed E-state index contributed by atoms with van der Waals surface area (Å²) < 4.78 is 4.38. The van der Waals surface area contributed by atoms with Crippen molar-refractivity contribution < 1.29 is 0 Å². The Balaban J connectivity index is 1.75. The van der Waals surface area contributed by atoms with Gasteiger partial charge in [0.1, 0.15) is 5.69 Å². The molecule has 1 aliphatic heterocycles. The molecule has 3 heterocycles. The lowest BCUT2D eigenvalue weighted by molar-refractivity contribution is 0.148. The second-order valence-electron chi connectivity index (χ2n) is 6.65. The van der Waals surface area contributed by atoms with Crippen molar-refractivity contribution >= 4 is 0 Å². The number of hydrogen-bond donors (Lipinski definition) is 0. The molecule has 0 N–H and O–H groups in total. The van der Waals surface area contributed by atoms with Gasteiger partial charge >= 0.3 is 0 Å². The molecule has 0 unspecified atom stereocenters. The molecule has 0 aliphatic carbocycles. The van der Waals surface area contributed by atoms with Gasteiger partial charge in [0.2, 0.25) is 0 Å². The van der Waals surface area contributed by atoms with Crippen LogP contribution in [-0.4, -0.2) is 63.9 Å². The molecule has 0 aromatic carbocycles. The van der Waals surface area contributed by atoms with E-state index in [-0.39, 0.29) is 0 Å². The van der Waals surface area contributed by atoms with Gasteiger partial charge in [0.05, 0.1) is 12.2 Å². The molecule has 1 aliphatic rings. The number of hydrogen-bond acceptors (Lipinski definition) is 3. The maximum atomic E-state index is 4.94. The Bertz CT molecular complexity index is 646. The molecule has 2 aromatic rings. The molecule has 0 saturated carbocycles. The average Bonchev–Trinajstić information content (AvgIpc) is 3.09. The van der Waals surface area contributed by atoms with Crippen LogP contribution in [0.1, 0.15) is 18.2 Å². The number of nitrogens with zero attached hydrogens (tertiary/aromatic N) is 5. The highest BCUT2D eigenvalue weighted by Crippen LogP contribution is 2.25. The molecule has 0 spiro atoms. The van der Waals surface area contributed by atoms with Gasteiger partial charge in [-0.2, -0.15) is 5.10 Å². The van der Waals surface area contributed by atoms with Gasteiger partial charge in [-0.1, -0.05) is 6.92 Å². The third-order valence-corrected chi connectivity index (χ3v) is 5.07. The second-order valence-corrected chi connectivity index (χ2v) is 6.65. The number of piperazine rings is 1. The lowest BCUT2D eigenvalue weighted by atomic mass is 10.1. The summed E-state index contributed by atoms with van der Waals surface area (Å²) in [5.74, 6) is 0. The number of rotatable bonds is 5. The number of aryl methyl sites for hydroxylation is 1. The highest BCUT2D eigenvalue weighted by atomic mass is 15.3. The van der Waals surface area contributed by atoms with E-state index in [9.17, 15) is 0 Å². The van der Waals surface area contributed by atoms with E-state index < -0.39 is 0 Å². The van der Waals surface area contributed by atoms with Gasteiger partial charge in [0, 0.05) is 51.7 Å². The second kappa shape index (κ2) is 6.89. The fraction of sp³-hybridized carbons (Fsp3) is 0.611.